The van der Waals surface area contributed by atoms with Gasteiger partial charge in [0.05, 0.1) is 0 Å². The lowest BCUT2D eigenvalue weighted by Crippen LogP contribution is -2.24. The minimum atomic E-state index is 0.882. The van der Waals surface area contributed by atoms with Crippen molar-refractivity contribution in [2.45, 2.75) is 6.42 Å². The first-order chi connectivity index (χ1) is 6.59. The number of allylic oxidation sites excluding steroid dienone is 4. The van der Waals surface area contributed by atoms with Crippen LogP contribution in [0.3, 0.4) is 0 Å². The van der Waals surface area contributed by atoms with Crippen LogP contribution in [0.15, 0.2) is 47.0 Å². The molecule has 0 radical (unpaired) electrons. The fourth-order valence-corrected chi connectivity index (χ4v) is 1.49. The Morgan fingerprint density at radius 3 is 2.71 bits per heavy atom. The lowest BCUT2D eigenvalue weighted by atomic mass is 10.0. The molecule has 0 aromatic carbocycles. The number of hydrogen-bond acceptors (Lipinski definition) is 1. The van der Waals surface area contributed by atoms with Crippen LogP contribution in [-0.2, 0) is 0 Å². The summed E-state index contributed by atoms with van der Waals surface area (Å²) in [4.78, 5) is 2.30. The van der Waals surface area contributed by atoms with E-state index in [-0.39, 0.29) is 0 Å². The molecule has 0 amide bonds. The third kappa shape index (κ3) is 3.64. The van der Waals surface area contributed by atoms with Crippen molar-refractivity contribution in [2.75, 3.05) is 20.1 Å². The normalized spacial score (nSPS) is 18.3. The van der Waals surface area contributed by atoms with Crippen LogP contribution in [0.1, 0.15) is 6.42 Å². The second kappa shape index (κ2) is 5.32. The Morgan fingerprint density at radius 2 is 2.21 bits per heavy atom. The fourth-order valence-electron chi connectivity index (χ4n) is 1.36. The summed E-state index contributed by atoms with van der Waals surface area (Å²) in [5.41, 5.74) is 2.45. The maximum absolute atomic E-state index is 4.04. The van der Waals surface area contributed by atoms with Crippen LogP contribution in [0.5, 0.6) is 0 Å². The van der Waals surface area contributed by atoms with Crippen molar-refractivity contribution in [3.63, 3.8) is 0 Å². The standard InChI is InChI=1S/C12H16BrN/c1-10(4-5-11(2)13)12-6-8-14(3)9-7-12/h4-6H,1-2,7-9H2,3H3/b5-4-. The highest BCUT2D eigenvalue weighted by molar-refractivity contribution is 9.11. The zero-order valence-electron chi connectivity index (χ0n) is 8.59. The summed E-state index contributed by atoms with van der Waals surface area (Å²) < 4.78 is 0.882. The molecular formula is C12H16BrN. The van der Waals surface area contributed by atoms with Crippen molar-refractivity contribution in [3.8, 4) is 0 Å². The molecule has 0 saturated heterocycles. The number of hydrogen-bond donors (Lipinski definition) is 0. The lowest BCUT2D eigenvalue weighted by Gasteiger charge is -2.22. The zero-order chi connectivity index (χ0) is 10.6. The highest BCUT2D eigenvalue weighted by Crippen LogP contribution is 2.18. The number of likely N-dealkylation sites (N-methyl/N-ethyl adjacent to an activating group) is 1. The van der Waals surface area contributed by atoms with Gasteiger partial charge in [-0.3, -0.25) is 0 Å². The molecule has 0 aliphatic carbocycles. The molecule has 0 fully saturated rings. The zero-order valence-corrected chi connectivity index (χ0v) is 10.2. The van der Waals surface area contributed by atoms with Crippen molar-refractivity contribution >= 4 is 15.9 Å². The Hall–Kier alpha value is -0.600. The van der Waals surface area contributed by atoms with E-state index in [1.807, 2.05) is 12.2 Å². The van der Waals surface area contributed by atoms with E-state index in [9.17, 15) is 0 Å². The third-order valence-corrected chi connectivity index (χ3v) is 2.55. The summed E-state index contributed by atoms with van der Waals surface area (Å²) in [6, 6.07) is 0. The van der Waals surface area contributed by atoms with E-state index in [1.165, 1.54) is 5.57 Å². The predicted molar refractivity (Wildman–Crippen MR) is 66.5 cm³/mol. The summed E-state index contributed by atoms with van der Waals surface area (Å²) in [7, 11) is 2.13. The molecule has 0 bridgehead atoms. The quantitative estimate of drug-likeness (QED) is 0.699. The van der Waals surface area contributed by atoms with Crippen molar-refractivity contribution in [1.82, 2.24) is 4.90 Å². The van der Waals surface area contributed by atoms with E-state index < -0.39 is 0 Å². The molecule has 0 atom stereocenters. The van der Waals surface area contributed by atoms with E-state index in [0.29, 0.717) is 0 Å². The molecule has 1 nitrogen and oxygen atoms in total. The van der Waals surface area contributed by atoms with Crippen LogP contribution in [0.2, 0.25) is 0 Å². The molecule has 1 aliphatic heterocycles. The van der Waals surface area contributed by atoms with Gasteiger partial charge in [0, 0.05) is 17.6 Å². The largest absolute Gasteiger partial charge is 0.302 e. The van der Waals surface area contributed by atoms with Crippen molar-refractivity contribution in [2.24, 2.45) is 0 Å². The molecule has 1 rings (SSSR count). The average molecular weight is 254 g/mol. The van der Waals surface area contributed by atoms with Crippen LogP contribution < -0.4 is 0 Å². The van der Waals surface area contributed by atoms with Gasteiger partial charge in [-0.25, -0.2) is 0 Å². The van der Waals surface area contributed by atoms with E-state index in [1.54, 1.807) is 0 Å². The van der Waals surface area contributed by atoms with Crippen LogP contribution in [0, 0.1) is 0 Å². The van der Waals surface area contributed by atoms with Gasteiger partial charge in [-0.05, 0) is 30.7 Å². The van der Waals surface area contributed by atoms with Crippen LogP contribution in [-0.4, -0.2) is 25.0 Å². The maximum Gasteiger partial charge on any atom is 0.0166 e. The highest BCUT2D eigenvalue weighted by Gasteiger charge is 2.08. The van der Waals surface area contributed by atoms with Crippen LogP contribution in [0.4, 0.5) is 0 Å². The summed E-state index contributed by atoms with van der Waals surface area (Å²) in [5, 5.41) is 0. The molecule has 2 heteroatoms. The highest BCUT2D eigenvalue weighted by atomic mass is 79.9. The number of halogens is 1. The molecule has 0 saturated carbocycles. The Kier molecular flexibility index (Phi) is 4.36. The number of nitrogens with zero attached hydrogens (tertiary/aromatic N) is 1. The van der Waals surface area contributed by atoms with Crippen LogP contribution >= 0.6 is 15.9 Å². The Labute approximate surface area is 94.6 Å². The monoisotopic (exact) mass is 253 g/mol. The van der Waals surface area contributed by atoms with E-state index in [0.717, 1.165) is 29.6 Å². The van der Waals surface area contributed by atoms with Gasteiger partial charge >= 0.3 is 0 Å². The van der Waals surface area contributed by atoms with Crippen LogP contribution in [0.25, 0.3) is 0 Å². The molecule has 0 N–H and O–H groups in total. The molecule has 14 heavy (non-hydrogen) atoms. The molecule has 1 aliphatic rings. The molecular weight excluding hydrogens is 238 g/mol. The minimum Gasteiger partial charge on any atom is -0.302 e. The first-order valence-electron chi connectivity index (χ1n) is 4.69. The SMILES string of the molecule is C=C(Br)/C=C\C(=C)C1=CCN(C)CC1. The van der Waals surface area contributed by atoms with Crippen molar-refractivity contribution in [3.05, 3.63) is 47.0 Å². The first-order valence-corrected chi connectivity index (χ1v) is 5.48. The Morgan fingerprint density at radius 1 is 1.50 bits per heavy atom. The molecule has 0 unspecified atom stereocenters. The van der Waals surface area contributed by atoms with Gasteiger partial charge in [0.2, 0.25) is 0 Å². The topological polar surface area (TPSA) is 3.24 Å². The predicted octanol–water partition coefficient (Wildman–Crippen LogP) is 3.27. The average Bonchev–Trinajstić information content (AvgIpc) is 2.15. The molecule has 0 aromatic heterocycles. The third-order valence-electron chi connectivity index (χ3n) is 2.29. The summed E-state index contributed by atoms with van der Waals surface area (Å²) in [6.07, 6.45) is 7.28. The second-order valence-corrected chi connectivity index (χ2v) is 4.57. The fraction of sp³-hybridized carbons (Fsp3) is 0.333. The van der Waals surface area contributed by atoms with Gasteiger partial charge in [-0.1, -0.05) is 41.2 Å². The Bertz CT molecular complexity index is 299. The van der Waals surface area contributed by atoms with Gasteiger partial charge in [-0.15, -0.1) is 0 Å². The Balaban J connectivity index is 2.58. The lowest BCUT2D eigenvalue weighted by molar-refractivity contribution is 0.361. The van der Waals surface area contributed by atoms with Gasteiger partial charge < -0.3 is 4.90 Å². The van der Waals surface area contributed by atoms with E-state index >= 15 is 0 Å². The minimum absolute atomic E-state index is 0.882. The summed E-state index contributed by atoms with van der Waals surface area (Å²) in [6.45, 7) is 9.93. The van der Waals surface area contributed by atoms with Gasteiger partial charge in [0.25, 0.3) is 0 Å². The maximum atomic E-state index is 4.04. The van der Waals surface area contributed by atoms with Crippen molar-refractivity contribution in [1.29, 1.82) is 0 Å². The van der Waals surface area contributed by atoms with Gasteiger partial charge in [0.15, 0.2) is 0 Å². The van der Waals surface area contributed by atoms with Gasteiger partial charge in [-0.2, -0.15) is 0 Å². The van der Waals surface area contributed by atoms with E-state index in [4.69, 9.17) is 0 Å². The second-order valence-electron chi connectivity index (χ2n) is 3.55. The van der Waals surface area contributed by atoms with Gasteiger partial charge in [0.1, 0.15) is 0 Å². The van der Waals surface area contributed by atoms with Crippen molar-refractivity contribution < 1.29 is 0 Å². The number of rotatable bonds is 3. The molecule has 76 valence electrons. The molecule has 0 aromatic rings. The van der Waals surface area contributed by atoms with E-state index in [2.05, 4.69) is 47.1 Å². The molecule has 1 heterocycles. The summed E-state index contributed by atoms with van der Waals surface area (Å²) in [5.74, 6) is 0. The smallest absolute Gasteiger partial charge is 0.0166 e. The first kappa shape index (κ1) is 11.5. The molecule has 0 spiro atoms. The summed E-state index contributed by atoms with van der Waals surface area (Å²) >= 11 is 3.29.